The van der Waals surface area contributed by atoms with Crippen LogP contribution < -0.4 is 15.4 Å². The lowest BCUT2D eigenvalue weighted by atomic mass is 10.0. The maximum atomic E-state index is 12.1. The third-order valence-corrected chi connectivity index (χ3v) is 4.76. The molecule has 1 aliphatic heterocycles. The van der Waals surface area contributed by atoms with Crippen molar-refractivity contribution in [2.75, 3.05) is 17.2 Å². The number of halogens is 1. The topological polar surface area (TPSA) is 67.4 Å². The fourth-order valence-corrected chi connectivity index (χ4v) is 3.17. The van der Waals surface area contributed by atoms with Gasteiger partial charge in [-0.25, -0.2) is 0 Å². The summed E-state index contributed by atoms with van der Waals surface area (Å²) in [5.41, 5.74) is 3.79. The van der Waals surface area contributed by atoms with Gasteiger partial charge in [0.1, 0.15) is 5.75 Å². The van der Waals surface area contributed by atoms with Crippen LogP contribution in [0.2, 0.25) is 0 Å². The molecule has 0 spiro atoms. The second-order valence-electron chi connectivity index (χ2n) is 6.33. The Kier molecular flexibility index (Phi) is 5.93. The fraction of sp³-hybridized carbons (Fsp3) is 0.300. The summed E-state index contributed by atoms with van der Waals surface area (Å²) in [6, 6.07) is 11.5. The molecule has 1 heterocycles. The molecule has 2 amide bonds. The molecule has 0 unspecified atom stereocenters. The van der Waals surface area contributed by atoms with Gasteiger partial charge in [0.25, 0.3) is 0 Å². The van der Waals surface area contributed by atoms with Crippen molar-refractivity contribution in [2.45, 2.75) is 32.6 Å². The molecule has 0 saturated heterocycles. The Morgan fingerprint density at radius 3 is 2.92 bits per heavy atom. The quantitative estimate of drug-likeness (QED) is 0.683. The standard InChI is InChI=1S/C20H21BrN2O3/c1-13-4-6-15(21)12-18(13)23-19(24)3-2-10-26-16-7-8-17-14(11-16)5-9-20(25)22-17/h4,6-8,11-12H,2-3,5,9-10H2,1H3,(H,22,25)(H,23,24). The molecule has 6 heteroatoms. The zero-order chi connectivity index (χ0) is 18.5. The molecule has 1 aliphatic rings. The number of anilines is 2. The van der Waals surface area contributed by atoms with Gasteiger partial charge >= 0.3 is 0 Å². The van der Waals surface area contributed by atoms with Crippen LogP contribution in [0.1, 0.15) is 30.4 Å². The summed E-state index contributed by atoms with van der Waals surface area (Å²) in [6.45, 7) is 2.43. The summed E-state index contributed by atoms with van der Waals surface area (Å²) in [5.74, 6) is 0.795. The highest BCUT2D eigenvalue weighted by Crippen LogP contribution is 2.27. The van der Waals surface area contributed by atoms with Crippen molar-refractivity contribution in [3.8, 4) is 5.75 Å². The van der Waals surface area contributed by atoms with Crippen molar-refractivity contribution < 1.29 is 14.3 Å². The Labute approximate surface area is 161 Å². The van der Waals surface area contributed by atoms with Gasteiger partial charge in [-0.2, -0.15) is 0 Å². The van der Waals surface area contributed by atoms with Crippen LogP contribution in [0.15, 0.2) is 40.9 Å². The molecule has 0 bridgehead atoms. The van der Waals surface area contributed by atoms with E-state index in [-0.39, 0.29) is 11.8 Å². The minimum atomic E-state index is -0.0250. The van der Waals surface area contributed by atoms with E-state index < -0.39 is 0 Å². The number of amides is 2. The van der Waals surface area contributed by atoms with Gasteiger partial charge in [0.15, 0.2) is 0 Å². The number of fused-ring (bicyclic) bond motifs is 1. The zero-order valence-electron chi connectivity index (χ0n) is 14.6. The largest absolute Gasteiger partial charge is 0.494 e. The normalized spacial score (nSPS) is 12.9. The number of carbonyl (C=O) groups is 2. The van der Waals surface area contributed by atoms with Gasteiger partial charge in [-0.1, -0.05) is 22.0 Å². The van der Waals surface area contributed by atoms with E-state index in [1.54, 1.807) is 0 Å². The van der Waals surface area contributed by atoms with Gasteiger partial charge in [0.05, 0.1) is 6.61 Å². The fourth-order valence-electron chi connectivity index (χ4n) is 2.81. The number of nitrogens with one attached hydrogen (secondary N) is 2. The maximum absolute atomic E-state index is 12.1. The molecule has 0 aromatic heterocycles. The molecular formula is C20H21BrN2O3. The van der Waals surface area contributed by atoms with E-state index in [0.29, 0.717) is 25.9 Å². The first-order valence-electron chi connectivity index (χ1n) is 8.63. The molecule has 136 valence electrons. The van der Waals surface area contributed by atoms with E-state index in [1.807, 2.05) is 43.3 Å². The summed E-state index contributed by atoms with van der Waals surface area (Å²) in [6.07, 6.45) is 2.26. The summed E-state index contributed by atoms with van der Waals surface area (Å²) in [7, 11) is 0. The number of hydrogen-bond donors (Lipinski definition) is 2. The molecule has 26 heavy (non-hydrogen) atoms. The summed E-state index contributed by atoms with van der Waals surface area (Å²) < 4.78 is 6.68. The molecule has 2 N–H and O–H groups in total. The van der Waals surface area contributed by atoms with E-state index in [9.17, 15) is 9.59 Å². The minimum absolute atomic E-state index is 0.0250. The smallest absolute Gasteiger partial charge is 0.224 e. The first-order valence-corrected chi connectivity index (χ1v) is 9.42. The molecule has 0 radical (unpaired) electrons. The number of carbonyl (C=O) groups excluding carboxylic acids is 2. The zero-order valence-corrected chi connectivity index (χ0v) is 16.2. The lowest BCUT2D eigenvalue weighted by Gasteiger charge is -2.17. The van der Waals surface area contributed by atoms with Crippen LogP contribution in [0.4, 0.5) is 11.4 Å². The van der Waals surface area contributed by atoms with Crippen molar-refractivity contribution in [1.29, 1.82) is 0 Å². The van der Waals surface area contributed by atoms with Crippen molar-refractivity contribution in [1.82, 2.24) is 0 Å². The molecule has 0 aliphatic carbocycles. The van der Waals surface area contributed by atoms with Gasteiger partial charge in [0.2, 0.25) is 11.8 Å². The molecule has 0 atom stereocenters. The van der Waals surface area contributed by atoms with Gasteiger partial charge < -0.3 is 15.4 Å². The SMILES string of the molecule is Cc1ccc(Br)cc1NC(=O)CCCOc1ccc2c(c1)CCC(=O)N2. The van der Waals surface area contributed by atoms with Gasteiger partial charge in [0, 0.05) is 28.7 Å². The number of rotatable bonds is 6. The minimum Gasteiger partial charge on any atom is -0.494 e. The Morgan fingerprint density at radius 2 is 2.08 bits per heavy atom. The highest BCUT2D eigenvalue weighted by molar-refractivity contribution is 9.10. The average Bonchev–Trinajstić information content (AvgIpc) is 2.62. The molecule has 3 rings (SSSR count). The molecule has 2 aromatic rings. The molecule has 0 fully saturated rings. The van der Waals surface area contributed by atoms with Gasteiger partial charge in [-0.05, 0) is 61.2 Å². The maximum Gasteiger partial charge on any atom is 0.224 e. The predicted molar refractivity (Wildman–Crippen MR) is 106 cm³/mol. The van der Waals surface area contributed by atoms with E-state index in [2.05, 4.69) is 26.6 Å². The first kappa shape index (κ1) is 18.5. The van der Waals surface area contributed by atoms with Crippen LogP contribution in [0, 0.1) is 6.92 Å². The van der Waals surface area contributed by atoms with Gasteiger partial charge in [-0.15, -0.1) is 0 Å². The number of hydrogen-bond acceptors (Lipinski definition) is 3. The predicted octanol–water partition coefficient (Wildman–Crippen LogP) is 4.44. The van der Waals surface area contributed by atoms with Crippen LogP contribution >= 0.6 is 15.9 Å². The highest BCUT2D eigenvalue weighted by Gasteiger charge is 2.15. The summed E-state index contributed by atoms with van der Waals surface area (Å²) in [5, 5.41) is 5.78. The second kappa shape index (κ2) is 8.36. The molecule has 2 aromatic carbocycles. The third kappa shape index (κ3) is 4.85. The Morgan fingerprint density at radius 1 is 1.23 bits per heavy atom. The number of benzene rings is 2. The van der Waals surface area contributed by atoms with Crippen LogP contribution in [0.5, 0.6) is 5.75 Å². The molecular weight excluding hydrogens is 396 g/mol. The highest BCUT2D eigenvalue weighted by atomic mass is 79.9. The van der Waals surface area contributed by atoms with Crippen molar-refractivity contribution in [3.63, 3.8) is 0 Å². The number of ether oxygens (including phenoxy) is 1. The Bertz CT molecular complexity index is 836. The van der Waals surface area contributed by atoms with E-state index in [0.717, 1.165) is 39.1 Å². The summed E-state index contributed by atoms with van der Waals surface area (Å²) >= 11 is 3.41. The Hall–Kier alpha value is -2.34. The monoisotopic (exact) mass is 416 g/mol. The van der Waals surface area contributed by atoms with Crippen molar-refractivity contribution >= 4 is 39.1 Å². The molecule has 5 nitrogen and oxygen atoms in total. The number of aryl methyl sites for hydroxylation is 2. The second-order valence-corrected chi connectivity index (χ2v) is 7.24. The Balaban J connectivity index is 1.44. The van der Waals surface area contributed by atoms with Crippen LogP contribution in [-0.2, 0) is 16.0 Å². The van der Waals surface area contributed by atoms with Crippen LogP contribution in [-0.4, -0.2) is 18.4 Å². The summed E-state index contributed by atoms with van der Waals surface area (Å²) in [4.78, 5) is 23.5. The van der Waals surface area contributed by atoms with Crippen LogP contribution in [0.3, 0.4) is 0 Å². The lowest BCUT2D eigenvalue weighted by Crippen LogP contribution is -2.18. The van der Waals surface area contributed by atoms with E-state index >= 15 is 0 Å². The first-order chi connectivity index (χ1) is 12.5. The van der Waals surface area contributed by atoms with Gasteiger partial charge in [-0.3, -0.25) is 9.59 Å². The van der Waals surface area contributed by atoms with Crippen LogP contribution in [0.25, 0.3) is 0 Å². The van der Waals surface area contributed by atoms with E-state index in [4.69, 9.17) is 4.74 Å². The van der Waals surface area contributed by atoms with E-state index in [1.165, 1.54) is 0 Å². The third-order valence-electron chi connectivity index (χ3n) is 4.26. The molecule has 0 saturated carbocycles. The lowest BCUT2D eigenvalue weighted by molar-refractivity contribution is -0.117. The average molecular weight is 417 g/mol. The van der Waals surface area contributed by atoms with Crippen molar-refractivity contribution in [3.05, 3.63) is 52.0 Å². The van der Waals surface area contributed by atoms with Crippen molar-refractivity contribution in [2.24, 2.45) is 0 Å².